The Morgan fingerprint density at radius 2 is 1.88 bits per heavy atom. The van der Waals surface area contributed by atoms with E-state index in [2.05, 4.69) is 26.2 Å². The highest BCUT2D eigenvalue weighted by Gasteiger charge is 2.17. The van der Waals surface area contributed by atoms with Crippen LogP contribution in [-0.4, -0.2) is 43.4 Å². The van der Waals surface area contributed by atoms with Gasteiger partial charge in [-0.05, 0) is 50.3 Å². The zero-order valence-corrected chi connectivity index (χ0v) is 14.8. The molecule has 0 spiro atoms. The maximum Gasteiger partial charge on any atom is 0.321 e. The van der Waals surface area contributed by atoms with Gasteiger partial charge < -0.3 is 5.32 Å². The molecule has 2 aromatic rings. The number of carbonyl (C=O) groups is 2. The molecular weight excluding hydrogens is 328 g/mol. The Balaban J connectivity index is 1.93. The minimum absolute atomic E-state index is 0.0315. The molecule has 3 amide bonds. The van der Waals surface area contributed by atoms with Crippen molar-refractivity contribution in [2.45, 2.75) is 38.4 Å². The maximum atomic E-state index is 11.9. The number of amides is 3. The molecule has 1 aromatic carbocycles. The minimum Gasteiger partial charge on any atom is -0.333 e. The summed E-state index contributed by atoms with van der Waals surface area (Å²) in [5, 5.41) is 16.9. The van der Waals surface area contributed by atoms with Crippen LogP contribution in [0.15, 0.2) is 29.4 Å². The van der Waals surface area contributed by atoms with E-state index in [1.807, 2.05) is 52.0 Å². The van der Waals surface area contributed by atoms with Crippen LogP contribution in [0.25, 0.3) is 5.69 Å². The van der Waals surface area contributed by atoms with Gasteiger partial charge >= 0.3 is 6.03 Å². The average molecular weight is 348 g/mol. The third-order valence-corrected chi connectivity index (χ3v) is 3.71. The van der Waals surface area contributed by atoms with Crippen LogP contribution >= 0.6 is 11.8 Å². The number of aromatic nitrogens is 4. The molecule has 2 N–H and O–H groups in total. The molecular formula is C15H20N6O2S. The summed E-state index contributed by atoms with van der Waals surface area (Å²) in [5.74, 6) is -0.385. The van der Waals surface area contributed by atoms with Gasteiger partial charge in [-0.3, -0.25) is 10.1 Å². The largest absolute Gasteiger partial charge is 0.333 e. The maximum absolute atomic E-state index is 11.9. The van der Waals surface area contributed by atoms with Gasteiger partial charge in [0.2, 0.25) is 11.1 Å². The number of tetrazole rings is 1. The van der Waals surface area contributed by atoms with E-state index in [-0.39, 0.29) is 5.75 Å². The number of nitrogens with one attached hydrogen (secondary N) is 2. The van der Waals surface area contributed by atoms with Crippen LogP contribution in [-0.2, 0) is 4.79 Å². The van der Waals surface area contributed by atoms with Crippen molar-refractivity contribution in [3.63, 3.8) is 0 Å². The van der Waals surface area contributed by atoms with Crippen molar-refractivity contribution < 1.29 is 9.59 Å². The molecule has 1 heterocycles. The molecule has 0 aliphatic heterocycles. The Morgan fingerprint density at radius 1 is 1.21 bits per heavy atom. The zero-order chi connectivity index (χ0) is 17.7. The number of aryl methyl sites for hydroxylation is 1. The molecule has 0 aliphatic rings. The van der Waals surface area contributed by atoms with Gasteiger partial charge in [-0.2, -0.15) is 4.68 Å². The number of imide groups is 1. The van der Waals surface area contributed by atoms with Gasteiger partial charge in [0.1, 0.15) is 0 Å². The number of rotatable bonds is 4. The van der Waals surface area contributed by atoms with Crippen molar-refractivity contribution in [2.75, 3.05) is 5.75 Å². The minimum atomic E-state index is -0.522. The van der Waals surface area contributed by atoms with E-state index in [9.17, 15) is 9.59 Å². The molecule has 0 atom stereocenters. The zero-order valence-electron chi connectivity index (χ0n) is 14.0. The third kappa shape index (κ3) is 5.34. The molecule has 9 heteroatoms. The van der Waals surface area contributed by atoms with Crippen molar-refractivity contribution in [3.05, 3.63) is 29.8 Å². The summed E-state index contributed by atoms with van der Waals surface area (Å²) >= 11 is 1.16. The fourth-order valence-electron chi connectivity index (χ4n) is 1.78. The molecule has 128 valence electrons. The Labute approximate surface area is 144 Å². The number of urea groups is 1. The number of thioether (sulfide) groups is 1. The highest BCUT2D eigenvalue weighted by molar-refractivity contribution is 7.99. The molecule has 0 radical (unpaired) electrons. The number of hydrogen-bond acceptors (Lipinski definition) is 6. The fourth-order valence-corrected chi connectivity index (χ4v) is 2.47. The van der Waals surface area contributed by atoms with Crippen LogP contribution in [0, 0.1) is 6.92 Å². The number of benzene rings is 1. The van der Waals surface area contributed by atoms with Gasteiger partial charge in [-0.15, -0.1) is 5.10 Å². The SMILES string of the molecule is Cc1ccc(-n2nnnc2SCC(=O)NC(=O)NC(C)(C)C)cc1. The molecule has 1 aromatic heterocycles. The Morgan fingerprint density at radius 3 is 2.50 bits per heavy atom. The molecule has 0 unspecified atom stereocenters. The van der Waals surface area contributed by atoms with E-state index in [1.165, 1.54) is 0 Å². The highest BCUT2D eigenvalue weighted by Crippen LogP contribution is 2.18. The number of hydrogen-bond donors (Lipinski definition) is 2. The van der Waals surface area contributed by atoms with Crippen molar-refractivity contribution in [1.29, 1.82) is 0 Å². The molecule has 0 fully saturated rings. The van der Waals surface area contributed by atoms with E-state index in [1.54, 1.807) is 4.68 Å². The molecule has 24 heavy (non-hydrogen) atoms. The second-order valence-corrected chi connectivity index (χ2v) is 7.19. The average Bonchev–Trinajstić information content (AvgIpc) is 2.92. The van der Waals surface area contributed by atoms with E-state index < -0.39 is 17.5 Å². The first-order chi connectivity index (χ1) is 11.2. The molecule has 0 bridgehead atoms. The second-order valence-electron chi connectivity index (χ2n) is 6.25. The smallest absolute Gasteiger partial charge is 0.321 e. The van der Waals surface area contributed by atoms with Gasteiger partial charge in [0.05, 0.1) is 11.4 Å². The van der Waals surface area contributed by atoms with Crippen LogP contribution in [0.1, 0.15) is 26.3 Å². The van der Waals surface area contributed by atoms with Gasteiger partial charge in [-0.25, -0.2) is 4.79 Å². The predicted octanol–water partition coefficient (Wildman–Crippen LogP) is 1.69. The van der Waals surface area contributed by atoms with Crippen LogP contribution in [0.3, 0.4) is 0 Å². The Hall–Kier alpha value is -2.42. The third-order valence-electron chi connectivity index (χ3n) is 2.79. The lowest BCUT2D eigenvalue weighted by Crippen LogP contribution is -2.48. The summed E-state index contributed by atoms with van der Waals surface area (Å²) < 4.78 is 1.55. The summed E-state index contributed by atoms with van der Waals surface area (Å²) in [6, 6.07) is 7.18. The summed E-state index contributed by atoms with van der Waals surface area (Å²) in [4.78, 5) is 23.5. The lowest BCUT2D eigenvalue weighted by molar-refractivity contribution is -0.117. The lowest BCUT2D eigenvalue weighted by Gasteiger charge is -2.20. The van der Waals surface area contributed by atoms with Crippen LogP contribution in [0.5, 0.6) is 0 Å². The van der Waals surface area contributed by atoms with Crippen LogP contribution in [0.4, 0.5) is 4.79 Å². The Kier molecular flexibility index (Phi) is 5.55. The number of nitrogens with zero attached hydrogens (tertiary/aromatic N) is 4. The standard InChI is InChI=1S/C15H20N6O2S/c1-10-5-7-11(8-6-10)21-14(18-19-20-21)24-9-12(22)16-13(23)17-15(2,3)4/h5-8H,9H2,1-4H3,(H2,16,17,22,23). The normalized spacial score (nSPS) is 11.2. The Bertz CT molecular complexity index is 720. The topological polar surface area (TPSA) is 102 Å². The van der Waals surface area contributed by atoms with Crippen molar-refractivity contribution in [2.24, 2.45) is 0 Å². The van der Waals surface area contributed by atoms with Crippen molar-refractivity contribution in [3.8, 4) is 5.69 Å². The van der Waals surface area contributed by atoms with E-state index >= 15 is 0 Å². The highest BCUT2D eigenvalue weighted by atomic mass is 32.2. The fraction of sp³-hybridized carbons (Fsp3) is 0.400. The van der Waals surface area contributed by atoms with E-state index in [0.29, 0.717) is 5.16 Å². The first-order valence-electron chi connectivity index (χ1n) is 7.35. The molecule has 0 aliphatic carbocycles. The summed E-state index contributed by atoms with van der Waals surface area (Å²) in [6.07, 6.45) is 0. The monoisotopic (exact) mass is 348 g/mol. The predicted molar refractivity (Wildman–Crippen MR) is 91.0 cm³/mol. The second kappa shape index (κ2) is 7.43. The van der Waals surface area contributed by atoms with Gasteiger partial charge in [-0.1, -0.05) is 29.5 Å². The quantitative estimate of drug-likeness (QED) is 0.815. The van der Waals surface area contributed by atoms with E-state index in [0.717, 1.165) is 23.0 Å². The van der Waals surface area contributed by atoms with Crippen molar-refractivity contribution in [1.82, 2.24) is 30.8 Å². The molecule has 0 saturated heterocycles. The van der Waals surface area contributed by atoms with E-state index in [4.69, 9.17) is 0 Å². The van der Waals surface area contributed by atoms with Crippen LogP contribution in [0.2, 0.25) is 0 Å². The van der Waals surface area contributed by atoms with Gasteiger partial charge in [0, 0.05) is 5.54 Å². The molecule has 8 nitrogen and oxygen atoms in total. The first kappa shape index (κ1) is 17.9. The molecule has 2 rings (SSSR count). The first-order valence-corrected chi connectivity index (χ1v) is 8.33. The summed E-state index contributed by atoms with van der Waals surface area (Å²) in [7, 11) is 0. The van der Waals surface area contributed by atoms with Crippen molar-refractivity contribution >= 4 is 23.7 Å². The molecule has 0 saturated carbocycles. The van der Waals surface area contributed by atoms with Crippen LogP contribution < -0.4 is 10.6 Å². The number of carbonyl (C=O) groups excluding carboxylic acids is 2. The van der Waals surface area contributed by atoms with Gasteiger partial charge in [0.15, 0.2) is 0 Å². The lowest BCUT2D eigenvalue weighted by atomic mass is 10.1. The van der Waals surface area contributed by atoms with Gasteiger partial charge in [0.25, 0.3) is 0 Å². The summed E-state index contributed by atoms with van der Waals surface area (Å²) in [5.41, 5.74) is 1.52. The summed E-state index contributed by atoms with van der Waals surface area (Å²) in [6.45, 7) is 7.50.